The second-order valence-electron chi connectivity index (χ2n) is 4.13. The third kappa shape index (κ3) is 2.86. The van der Waals surface area contributed by atoms with Crippen molar-refractivity contribution in [2.24, 2.45) is 0 Å². The molecule has 18 heavy (non-hydrogen) atoms. The van der Waals surface area contributed by atoms with Gasteiger partial charge in [0.05, 0.1) is 0 Å². The normalized spacial score (nSPS) is 10.7. The van der Waals surface area contributed by atoms with E-state index in [1.807, 2.05) is 37.3 Å². The molecule has 0 spiro atoms. The Morgan fingerprint density at radius 2 is 1.83 bits per heavy atom. The van der Waals surface area contributed by atoms with Crippen molar-refractivity contribution >= 4 is 11.9 Å². The molecule has 0 amide bonds. The van der Waals surface area contributed by atoms with Crippen LogP contribution in [-0.2, 0) is 0 Å². The Balaban J connectivity index is 2.21. The second kappa shape index (κ2) is 5.32. The lowest BCUT2D eigenvalue weighted by Gasteiger charge is -2.00. The third-order valence-corrected chi connectivity index (χ3v) is 2.66. The summed E-state index contributed by atoms with van der Waals surface area (Å²) in [5.41, 5.74) is 2.33. The molecule has 0 heterocycles. The van der Waals surface area contributed by atoms with Crippen LogP contribution < -0.4 is 0 Å². The smallest absolute Gasteiger partial charge is 0.185 e. The van der Waals surface area contributed by atoms with E-state index < -0.39 is 0 Å². The number of carbonyl (C=O) groups excluding carboxylic acids is 1. The minimum absolute atomic E-state index is 0.0727. The molecule has 0 radical (unpaired) electrons. The van der Waals surface area contributed by atoms with Crippen LogP contribution in [0.25, 0.3) is 6.08 Å². The van der Waals surface area contributed by atoms with Gasteiger partial charge in [0, 0.05) is 11.1 Å². The number of phenolic OH excluding ortho intramolecular Hbond substituents is 1. The highest BCUT2D eigenvalue weighted by atomic mass is 16.3. The Hall–Kier alpha value is -2.35. The van der Waals surface area contributed by atoms with E-state index in [1.165, 1.54) is 6.08 Å². The number of hydrogen-bond acceptors (Lipinski definition) is 2. The van der Waals surface area contributed by atoms with E-state index in [9.17, 15) is 9.90 Å². The highest BCUT2D eigenvalue weighted by molar-refractivity contribution is 6.06. The van der Waals surface area contributed by atoms with Crippen molar-refractivity contribution in [3.05, 3.63) is 71.3 Å². The van der Waals surface area contributed by atoms with Crippen LogP contribution in [-0.4, -0.2) is 10.9 Å². The minimum atomic E-state index is -0.0727. The number of benzene rings is 2. The largest absolute Gasteiger partial charge is 0.507 e. The van der Waals surface area contributed by atoms with E-state index >= 15 is 0 Å². The Kier molecular flexibility index (Phi) is 3.58. The van der Waals surface area contributed by atoms with Gasteiger partial charge < -0.3 is 5.11 Å². The summed E-state index contributed by atoms with van der Waals surface area (Å²) in [6.07, 6.45) is 3.11. The predicted molar refractivity (Wildman–Crippen MR) is 72.7 cm³/mol. The fraction of sp³-hybridized carbons (Fsp3) is 0.0625. The standard InChI is InChI=1S/C16H14O2/c1-12-7-9-16(18)14(11-12)8-10-15(17)13-5-3-2-4-6-13/h2-11,18H,1H3/b10-8+. The van der Waals surface area contributed by atoms with E-state index in [0.29, 0.717) is 11.1 Å². The SMILES string of the molecule is Cc1ccc(O)c(/C=C/C(=O)c2ccccc2)c1. The van der Waals surface area contributed by atoms with Crippen molar-refractivity contribution in [3.8, 4) is 5.75 Å². The Bertz CT molecular complexity index is 583. The van der Waals surface area contributed by atoms with Crippen molar-refractivity contribution < 1.29 is 9.90 Å². The number of aryl methyl sites for hydroxylation is 1. The molecule has 0 saturated heterocycles. The number of phenols is 1. The summed E-state index contributed by atoms with van der Waals surface area (Å²) in [5.74, 6) is 0.106. The molecule has 90 valence electrons. The lowest BCUT2D eigenvalue weighted by atomic mass is 10.1. The van der Waals surface area contributed by atoms with E-state index in [4.69, 9.17) is 0 Å². The van der Waals surface area contributed by atoms with Crippen molar-refractivity contribution in [3.63, 3.8) is 0 Å². The molecule has 2 aromatic carbocycles. The molecule has 0 aromatic heterocycles. The lowest BCUT2D eigenvalue weighted by molar-refractivity contribution is 0.104. The van der Waals surface area contributed by atoms with Gasteiger partial charge in [-0.05, 0) is 31.2 Å². The summed E-state index contributed by atoms with van der Waals surface area (Å²) in [5, 5.41) is 9.66. The van der Waals surface area contributed by atoms with Crippen molar-refractivity contribution in [2.45, 2.75) is 6.92 Å². The third-order valence-electron chi connectivity index (χ3n) is 2.66. The molecule has 0 aliphatic rings. The van der Waals surface area contributed by atoms with E-state index in [-0.39, 0.29) is 11.5 Å². The molecule has 0 atom stereocenters. The van der Waals surface area contributed by atoms with Gasteiger partial charge in [0.2, 0.25) is 0 Å². The predicted octanol–water partition coefficient (Wildman–Crippen LogP) is 3.60. The fourth-order valence-electron chi connectivity index (χ4n) is 1.67. The average Bonchev–Trinajstić information content (AvgIpc) is 2.40. The topological polar surface area (TPSA) is 37.3 Å². The summed E-state index contributed by atoms with van der Waals surface area (Å²) < 4.78 is 0. The van der Waals surface area contributed by atoms with E-state index in [0.717, 1.165) is 5.56 Å². The maximum Gasteiger partial charge on any atom is 0.185 e. The van der Waals surface area contributed by atoms with Crippen molar-refractivity contribution in [1.82, 2.24) is 0 Å². The summed E-state index contributed by atoms with van der Waals surface area (Å²) in [6.45, 7) is 1.94. The Morgan fingerprint density at radius 1 is 1.11 bits per heavy atom. The zero-order valence-corrected chi connectivity index (χ0v) is 10.1. The first-order valence-electron chi connectivity index (χ1n) is 5.74. The van der Waals surface area contributed by atoms with Gasteiger partial charge >= 0.3 is 0 Å². The number of allylic oxidation sites excluding steroid dienone is 1. The van der Waals surface area contributed by atoms with Gasteiger partial charge in [-0.25, -0.2) is 0 Å². The number of aromatic hydroxyl groups is 1. The summed E-state index contributed by atoms with van der Waals surface area (Å²) >= 11 is 0. The molecule has 2 aromatic rings. The van der Waals surface area contributed by atoms with E-state index in [1.54, 1.807) is 24.3 Å². The highest BCUT2D eigenvalue weighted by Gasteiger charge is 2.01. The van der Waals surface area contributed by atoms with Crippen LogP contribution >= 0.6 is 0 Å². The first-order chi connectivity index (χ1) is 8.66. The van der Waals surface area contributed by atoms with E-state index in [2.05, 4.69) is 0 Å². The zero-order valence-electron chi connectivity index (χ0n) is 10.1. The fourth-order valence-corrected chi connectivity index (χ4v) is 1.67. The number of ketones is 1. The molecule has 0 aliphatic carbocycles. The number of rotatable bonds is 3. The van der Waals surface area contributed by atoms with Crippen LogP contribution in [0, 0.1) is 6.92 Å². The molecule has 2 rings (SSSR count). The molecule has 0 fully saturated rings. The van der Waals surface area contributed by atoms with Crippen LogP contribution in [0.3, 0.4) is 0 Å². The zero-order chi connectivity index (χ0) is 13.0. The van der Waals surface area contributed by atoms with Gasteiger partial charge in [-0.2, -0.15) is 0 Å². The molecule has 0 saturated carbocycles. The Morgan fingerprint density at radius 3 is 2.56 bits per heavy atom. The van der Waals surface area contributed by atoms with Gasteiger partial charge in [0.15, 0.2) is 5.78 Å². The molecule has 1 N–H and O–H groups in total. The van der Waals surface area contributed by atoms with Crippen LogP contribution in [0.5, 0.6) is 5.75 Å². The van der Waals surface area contributed by atoms with Crippen molar-refractivity contribution in [1.29, 1.82) is 0 Å². The average molecular weight is 238 g/mol. The Labute approximate surface area is 106 Å². The van der Waals surface area contributed by atoms with Crippen LogP contribution in [0.2, 0.25) is 0 Å². The number of hydrogen-bond donors (Lipinski definition) is 1. The van der Waals surface area contributed by atoms with Gasteiger partial charge in [-0.15, -0.1) is 0 Å². The van der Waals surface area contributed by atoms with Crippen molar-refractivity contribution in [2.75, 3.05) is 0 Å². The second-order valence-corrected chi connectivity index (χ2v) is 4.13. The minimum Gasteiger partial charge on any atom is -0.507 e. The van der Waals surface area contributed by atoms with Gasteiger partial charge in [0.25, 0.3) is 0 Å². The molecular weight excluding hydrogens is 224 g/mol. The van der Waals surface area contributed by atoms with Gasteiger partial charge in [0.1, 0.15) is 5.75 Å². The molecule has 0 unspecified atom stereocenters. The number of carbonyl (C=O) groups is 1. The molecule has 0 aliphatic heterocycles. The quantitative estimate of drug-likeness (QED) is 0.655. The van der Waals surface area contributed by atoms with Crippen LogP contribution in [0.1, 0.15) is 21.5 Å². The lowest BCUT2D eigenvalue weighted by Crippen LogP contribution is -1.92. The van der Waals surface area contributed by atoms with Crippen LogP contribution in [0.4, 0.5) is 0 Å². The molecule has 2 nitrogen and oxygen atoms in total. The van der Waals surface area contributed by atoms with Gasteiger partial charge in [-0.3, -0.25) is 4.79 Å². The monoisotopic (exact) mass is 238 g/mol. The summed E-state index contributed by atoms with van der Waals surface area (Å²) in [4.78, 5) is 11.8. The molecule has 0 bridgehead atoms. The maximum absolute atomic E-state index is 11.8. The maximum atomic E-state index is 11.8. The summed E-state index contributed by atoms with van der Waals surface area (Å²) in [6, 6.07) is 14.3. The molecule has 2 heteroatoms. The summed E-state index contributed by atoms with van der Waals surface area (Å²) in [7, 11) is 0. The first-order valence-corrected chi connectivity index (χ1v) is 5.74. The molecular formula is C16H14O2. The first kappa shape index (κ1) is 12.1. The van der Waals surface area contributed by atoms with Crippen LogP contribution in [0.15, 0.2) is 54.6 Å². The van der Waals surface area contributed by atoms with Gasteiger partial charge in [-0.1, -0.05) is 42.0 Å². The highest BCUT2D eigenvalue weighted by Crippen LogP contribution is 2.19.